The Morgan fingerprint density at radius 2 is 2.12 bits per heavy atom. The van der Waals surface area contributed by atoms with Crippen LogP contribution in [0.5, 0.6) is 0 Å². The normalized spacial score (nSPS) is 33.3. The number of urea groups is 1. The number of amides is 2. The Morgan fingerprint density at radius 1 is 1.44 bits per heavy atom. The molecule has 0 aromatic rings. The molecule has 2 amide bonds. The van der Waals surface area contributed by atoms with Crippen molar-refractivity contribution in [2.45, 2.75) is 32.2 Å². The van der Waals surface area contributed by atoms with Gasteiger partial charge in [-0.25, -0.2) is 4.79 Å². The van der Waals surface area contributed by atoms with Crippen molar-refractivity contribution in [3.63, 3.8) is 0 Å². The zero-order chi connectivity index (χ0) is 11.7. The molecule has 16 heavy (non-hydrogen) atoms. The summed E-state index contributed by atoms with van der Waals surface area (Å²) >= 11 is 0. The molecule has 0 aromatic carbocycles. The van der Waals surface area contributed by atoms with Gasteiger partial charge >= 0.3 is 12.0 Å². The third-order valence-corrected chi connectivity index (χ3v) is 3.48. The third kappa shape index (κ3) is 2.46. The van der Waals surface area contributed by atoms with Gasteiger partial charge in [0.05, 0.1) is 5.92 Å². The quantitative estimate of drug-likeness (QED) is 0.735. The average molecular weight is 226 g/mol. The molecule has 5 heteroatoms. The van der Waals surface area contributed by atoms with Crippen LogP contribution >= 0.6 is 0 Å². The van der Waals surface area contributed by atoms with E-state index in [9.17, 15) is 9.59 Å². The van der Waals surface area contributed by atoms with Gasteiger partial charge in [0.15, 0.2) is 0 Å². The summed E-state index contributed by atoms with van der Waals surface area (Å²) in [5, 5.41) is 11.8. The second kappa shape index (κ2) is 4.31. The molecule has 0 aromatic heterocycles. The van der Waals surface area contributed by atoms with E-state index in [1.807, 2.05) is 0 Å². The number of hydrogen-bond acceptors (Lipinski definition) is 2. The van der Waals surface area contributed by atoms with Gasteiger partial charge in [0, 0.05) is 19.1 Å². The molecule has 2 unspecified atom stereocenters. The molecule has 0 bridgehead atoms. The minimum absolute atomic E-state index is 0.0969. The van der Waals surface area contributed by atoms with E-state index in [1.54, 1.807) is 4.90 Å². The van der Waals surface area contributed by atoms with E-state index in [2.05, 4.69) is 12.2 Å². The van der Waals surface area contributed by atoms with Crippen molar-refractivity contribution >= 4 is 12.0 Å². The lowest BCUT2D eigenvalue weighted by Gasteiger charge is -2.30. The van der Waals surface area contributed by atoms with Crippen LogP contribution in [0, 0.1) is 11.8 Å². The predicted molar refractivity (Wildman–Crippen MR) is 58.0 cm³/mol. The van der Waals surface area contributed by atoms with Crippen LogP contribution in [0.2, 0.25) is 0 Å². The number of carboxylic acid groups (broad SMARTS) is 1. The average Bonchev–Trinajstić information content (AvgIpc) is 2.94. The predicted octanol–water partition coefficient (Wildman–Crippen LogP) is 0.901. The van der Waals surface area contributed by atoms with Crippen molar-refractivity contribution in [1.82, 2.24) is 10.2 Å². The molecule has 1 aliphatic carbocycles. The molecule has 1 saturated carbocycles. The van der Waals surface area contributed by atoms with Crippen molar-refractivity contribution < 1.29 is 14.7 Å². The summed E-state index contributed by atoms with van der Waals surface area (Å²) in [7, 11) is 0. The minimum Gasteiger partial charge on any atom is -0.481 e. The van der Waals surface area contributed by atoms with Gasteiger partial charge in [-0.1, -0.05) is 6.92 Å². The molecule has 1 saturated heterocycles. The Kier molecular flexibility index (Phi) is 3.03. The van der Waals surface area contributed by atoms with Gasteiger partial charge in [0.1, 0.15) is 0 Å². The lowest BCUT2D eigenvalue weighted by Crippen LogP contribution is -2.47. The maximum Gasteiger partial charge on any atom is 0.317 e. The van der Waals surface area contributed by atoms with Gasteiger partial charge < -0.3 is 15.3 Å². The molecule has 0 radical (unpaired) electrons. The molecule has 3 atom stereocenters. The second-order valence-corrected chi connectivity index (χ2v) is 4.89. The lowest BCUT2D eigenvalue weighted by atomic mass is 9.99. The maximum atomic E-state index is 11.8. The van der Waals surface area contributed by atoms with E-state index >= 15 is 0 Å². The van der Waals surface area contributed by atoms with Crippen molar-refractivity contribution in [2.24, 2.45) is 11.8 Å². The van der Waals surface area contributed by atoms with Gasteiger partial charge in [0.25, 0.3) is 0 Å². The molecular weight excluding hydrogens is 208 g/mol. The first-order chi connectivity index (χ1) is 7.58. The van der Waals surface area contributed by atoms with Crippen molar-refractivity contribution in [3.8, 4) is 0 Å². The molecule has 2 fully saturated rings. The smallest absolute Gasteiger partial charge is 0.317 e. The van der Waals surface area contributed by atoms with Crippen LogP contribution in [0.4, 0.5) is 4.79 Å². The second-order valence-electron chi connectivity index (χ2n) is 4.89. The first kappa shape index (κ1) is 11.2. The highest BCUT2D eigenvalue weighted by atomic mass is 16.4. The number of piperidine rings is 1. The fourth-order valence-corrected chi connectivity index (χ4v) is 2.14. The summed E-state index contributed by atoms with van der Waals surface area (Å²) in [6.07, 6.45) is 2.51. The third-order valence-electron chi connectivity index (χ3n) is 3.48. The van der Waals surface area contributed by atoms with E-state index in [4.69, 9.17) is 5.11 Å². The van der Waals surface area contributed by atoms with Gasteiger partial charge in [-0.05, 0) is 25.2 Å². The van der Waals surface area contributed by atoms with Crippen molar-refractivity contribution in [1.29, 1.82) is 0 Å². The molecule has 2 aliphatic rings. The van der Waals surface area contributed by atoms with Crippen LogP contribution in [0.15, 0.2) is 0 Å². The minimum atomic E-state index is -0.794. The van der Waals surface area contributed by atoms with E-state index in [0.717, 1.165) is 12.8 Å². The molecule has 5 nitrogen and oxygen atoms in total. The Morgan fingerprint density at radius 3 is 2.69 bits per heavy atom. The first-order valence-electron chi connectivity index (χ1n) is 5.86. The summed E-state index contributed by atoms with van der Waals surface area (Å²) in [5.41, 5.74) is 0. The highest BCUT2D eigenvalue weighted by Crippen LogP contribution is 2.29. The standard InChI is InChI=1S/C11H18N2O3/c1-7-5-9(7)12-11(16)13-4-2-3-8(6-13)10(14)15/h7-9H,2-6H2,1H3,(H,12,16)(H,14,15)/t7?,8-,9?/m0/s1. The monoisotopic (exact) mass is 226 g/mol. The maximum absolute atomic E-state index is 11.8. The molecule has 90 valence electrons. The summed E-state index contributed by atoms with van der Waals surface area (Å²) in [5.74, 6) is -0.613. The number of carboxylic acids is 1. The number of nitrogens with zero attached hydrogens (tertiary/aromatic N) is 1. The van der Waals surface area contributed by atoms with Crippen LogP contribution in [-0.4, -0.2) is 41.1 Å². The SMILES string of the molecule is CC1CC1NC(=O)N1CCC[C@H](C(=O)O)C1. The number of hydrogen-bond donors (Lipinski definition) is 2. The number of carbonyl (C=O) groups excluding carboxylic acids is 1. The van der Waals surface area contributed by atoms with Gasteiger partial charge in [-0.15, -0.1) is 0 Å². The topological polar surface area (TPSA) is 69.6 Å². The molecule has 0 spiro atoms. The lowest BCUT2D eigenvalue weighted by molar-refractivity contribution is -0.143. The van der Waals surface area contributed by atoms with Crippen molar-refractivity contribution in [2.75, 3.05) is 13.1 Å². The number of likely N-dealkylation sites (tertiary alicyclic amines) is 1. The largest absolute Gasteiger partial charge is 0.481 e. The number of aliphatic carboxylic acids is 1. The van der Waals surface area contributed by atoms with E-state index < -0.39 is 11.9 Å². The zero-order valence-electron chi connectivity index (χ0n) is 9.48. The molecule has 1 aliphatic heterocycles. The summed E-state index contributed by atoms with van der Waals surface area (Å²) in [6, 6.07) is 0.206. The van der Waals surface area contributed by atoms with Gasteiger partial charge in [-0.3, -0.25) is 4.79 Å². The van der Waals surface area contributed by atoms with Crippen LogP contribution in [0.25, 0.3) is 0 Å². The van der Waals surface area contributed by atoms with Gasteiger partial charge in [0.2, 0.25) is 0 Å². The molecule has 2 rings (SSSR count). The number of carbonyl (C=O) groups is 2. The van der Waals surface area contributed by atoms with Crippen LogP contribution in [-0.2, 0) is 4.79 Å². The fourth-order valence-electron chi connectivity index (χ4n) is 2.14. The molecular formula is C11H18N2O3. The van der Waals surface area contributed by atoms with E-state index in [1.165, 1.54) is 0 Å². The molecule has 2 N–H and O–H groups in total. The Balaban J connectivity index is 1.83. The first-order valence-corrected chi connectivity index (χ1v) is 5.86. The Labute approximate surface area is 94.8 Å². The number of nitrogens with one attached hydrogen (secondary N) is 1. The fraction of sp³-hybridized carbons (Fsp3) is 0.818. The zero-order valence-corrected chi connectivity index (χ0v) is 9.48. The van der Waals surface area contributed by atoms with Crippen LogP contribution in [0.1, 0.15) is 26.2 Å². The van der Waals surface area contributed by atoms with Crippen molar-refractivity contribution in [3.05, 3.63) is 0 Å². The summed E-state index contributed by atoms with van der Waals surface area (Å²) in [4.78, 5) is 24.3. The van der Waals surface area contributed by atoms with E-state index in [0.29, 0.717) is 31.5 Å². The highest BCUT2D eigenvalue weighted by Gasteiger charge is 2.36. The Hall–Kier alpha value is -1.26. The summed E-state index contributed by atoms with van der Waals surface area (Å²) < 4.78 is 0. The van der Waals surface area contributed by atoms with Crippen LogP contribution in [0.3, 0.4) is 0 Å². The van der Waals surface area contributed by atoms with E-state index in [-0.39, 0.29) is 6.03 Å². The highest BCUT2D eigenvalue weighted by molar-refractivity contribution is 5.77. The number of rotatable bonds is 2. The van der Waals surface area contributed by atoms with Gasteiger partial charge in [-0.2, -0.15) is 0 Å². The Bertz CT molecular complexity index is 306. The summed E-state index contributed by atoms with van der Waals surface area (Å²) in [6.45, 7) is 3.13. The van der Waals surface area contributed by atoms with Crippen LogP contribution < -0.4 is 5.32 Å². The molecule has 1 heterocycles.